The molecule has 1 saturated carbocycles. The molecule has 1 aliphatic carbocycles. The van der Waals surface area contributed by atoms with Crippen LogP contribution < -0.4 is 10.1 Å². The largest absolute Gasteiger partial charge is 0.481 e. The topological polar surface area (TPSA) is 51.2 Å². The maximum absolute atomic E-state index is 13.1. The number of nitrogens with zero attached hydrogens (tertiary/aromatic N) is 1. The zero-order chi connectivity index (χ0) is 16.3. The van der Waals surface area contributed by atoms with E-state index in [-0.39, 0.29) is 11.7 Å². The smallest absolute Gasteiger partial charge is 0.230 e. The molecular formula is C18H19FN2O2. The molecule has 0 spiro atoms. The molecule has 0 unspecified atom stereocenters. The summed E-state index contributed by atoms with van der Waals surface area (Å²) in [5.74, 6) is 0.251. The summed E-state index contributed by atoms with van der Waals surface area (Å²) in [7, 11) is 1.56. The molecule has 1 amide bonds. The second-order valence-electron chi connectivity index (χ2n) is 5.83. The van der Waals surface area contributed by atoms with E-state index in [1.165, 1.54) is 12.1 Å². The quantitative estimate of drug-likeness (QED) is 0.923. The predicted octanol–water partition coefficient (Wildman–Crippen LogP) is 2.97. The van der Waals surface area contributed by atoms with Crippen LogP contribution in [0.4, 0.5) is 4.39 Å². The molecule has 3 rings (SSSR count). The lowest BCUT2D eigenvalue weighted by Crippen LogP contribution is -2.49. The van der Waals surface area contributed by atoms with Gasteiger partial charge in [-0.05, 0) is 36.1 Å². The molecule has 1 aliphatic rings. The summed E-state index contributed by atoms with van der Waals surface area (Å²) in [6.07, 6.45) is 4.29. The Kier molecular flexibility index (Phi) is 4.28. The van der Waals surface area contributed by atoms with E-state index in [1.807, 2.05) is 6.07 Å². The average molecular weight is 314 g/mol. The molecule has 1 N–H and O–H groups in total. The Hall–Kier alpha value is -2.43. The van der Waals surface area contributed by atoms with Crippen molar-refractivity contribution in [1.29, 1.82) is 0 Å². The minimum atomic E-state index is -0.520. The lowest BCUT2D eigenvalue weighted by molar-refractivity contribution is -0.130. The van der Waals surface area contributed by atoms with Gasteiger partial charge >= 0.3 is 0 Å². The van der Waals surface area contributed by atoms with Crippen LogP contribution in [0.25, 0.3) is 0 Å². The minimum absolute atomic E-state index is 0.00817. The van der Waals surface area contributed by atoms with Gasteiger partial charge in [0.25, 0.3) is 0 Å². The second-order valence-corrected chi connectivity index (χ2v) is 5.83. The summed E-state index contributed by atoms with van der Waals surface area (Å²) < 4.78 is 18.1. The van der Waals surface area contributed by atoms with E-state index in [2.05, 4.69) is 10.3 Å². The first-order valence-electron chi connectivity index (χ1n) is 7.67. The fourth-order valence-corrected chi connectivity index (χ4v) is 2.93. The fourth-order valence-electron chi connectivity index (χ4n) is 2.93. The number of rotatable bonds is 5. The van der Waals surface area contributed by atoms with Crippen LogP contribution in [0.5, 0.6) is 5.88 Å². The second kappa shape index (κ2) is 6.36. The minimum Gasteiger partial charge on any atom is -0.481 e. The van der Waals surface area contributed by atoms with Crippen LogP contribution in [0.3, 0.4) is 0 Å². The molecule has 23 heavy (non-hydrogen) atoms. The SMILES string of the molecule is COc1ccc(CNC(=O)C2(c3ccc(F)cc3)CCC2)cn1. The monoisotopic (exact) mass is 314 g/mol. The Balaban J connectivity index is 1.69. The highest BCUT2D eigenvalue weighted by molar-refractivity contribution is 5.89. The zero-order valence-corrected chi connectivity index (χ0v) is 13.0. The van der Waals surface area contributed by atoms with Crippen LogP contribution in [0.15, 0.2) is 42.6 Å². The number of methoxy groups -OCH3 is 1. The Bertz CT molecular complexity index is 679. The number of carbonyl (C=O) groups is 1. The van der Waals surface area contributed by atoms with Crippen LogP contribution in [-0.4, -0.2) is 18.0 Å². The van der Waals surface area contributed by atoms with Crippen LogP contribution in [-0.2, 0) is 16.8 Å². The van der Waals surface area contributed by atoms with E-state index in [0.29, 0.717) is 12.4 Å². The molecule has 1 fully saturated rings. The molecule has 4 nitrogen and oxygen atoms in total. The van der Waals surface area contributed by atoms with Crippen molar-refractivity contribution in [1.82, 2.24) is 10.3 Å². The van der Waals surface area contributed by atoms with E-state index >= 15 is 0 Å². The standard InChI is InChI=1S/C18H19FN2O2/c1-23-16-8-3-13(11-20-16)12-21-17(22)18(9-2-10-18)14-4-6-15(19)7-5-14/h3-8,11H,2,9-10,12H2,1H3,(H,21,22). The molecule has 0 aliphatic heterocycles. The Morgan fingerprint density at radius 3 is 2.52 bits per heavy atom. The van der Waals surface area contributed by atoms with E-state index in [0.717, 1.165) is 30.4 Å². The molecule has 1 heterocycles. The van der Waals surface area contributed by atoms with Gasteiger partial charge in [-0.15, -0.1) is 0 Å². The van der Waals surface area contributed by atoms with Crippen molar-refractivity contribution < 1.29 is 13.9 Å². The Morgan fingerprint density at radius 1 is 1.26 bits per heavy atom. The van der Waals surface area contributed by atoms with E-state index < -0.39 is 5.41 Å². The number of ether oxygens (including phenoxy) is 1. The van der Waals surface area contributed by atoms with Gasteiger partial charge in [0.15, 0.2) is 0 Å². The van der Waals surface area contributed by atoms with Crippen molar-refractivity contribution in [2.45, 2.75) is 31.2 Å². The summed E-state index contributed by atoms with van der Waals surface area (Å²) in [5.41, 5.74) is 1.27. The lowest BCUT2D eigenvalue weighted by Gasteiger charge is -2.40. The number of carbonyl (C=O) groups excluding carboxylic acids is 1. The fraction of sp³-hybridized carbons (Fsp3) is 0.333. The van der Waals surface area contributed by atoms with Gasteiger partial charge in [-0.25, -0.2) is 9.37 Å². The third-order valence-corrected chi connectivity index (χ3v) is 4.50. The van der Waals surface area contributed by atoms with Crippen molar-refractivity contribution in [3.63, 3.8) is 0 Å². The molecule has 120 valence electrons. The highest BCUT2D eigenvalue weighted by Crippen LogP contribution is 2.44. The first-order valence-corrected chi connectivity index (χ1v) is 7.67. The molecular weight excluding hydrogens is 295 g/mol. The van der Waals surface area contributed by atoms with Crippen molar-refractivity contribution in [3.8, 4) is 5.88 Å². The highest BCUT2D eigenvalue weighted by Gasteiger charge is 2.45. The average Bonchev–Trinajstić information content (AvgIpc) is 2.54. The van der Waals surface area contributed by atoms with Gasteiger partial charge in [0.2, 0.25) is 11.8 Å². The number of halogens is 1. The molecule has 0 bridgehead atoms. The molecule has 1 aromatic heterocycles. The highest BCUT2D eigenvalue weighted by atomic mass is 19.1. The molecule has 5 heteroatoms. The lowest BCUT2D eigenvalue weighted by atomic mass is 9.64. The Labute approximate surface area is 134 Å². The number of hydrogen-bond donors (Lipinski definition) is 1. The van der Waals surface area contributed by atoms with Crippen molar-refractivity contribution in [3.05, 3.63) is 59.5 Å². The normalized spacial score (nSPS) is 15.6. The van der Waals surface area contributed by atoms with Crippen LogP contribution in [0.2, 0.25) is 0 Å². The van der Waals surface area contributed by atoms with E-state index in [4.69, 9.17) is 4.74 Å². The number of benzene rings is 1. The van der Waals surface area contributed by atoms with Crippen LogP contribution in [0.1, 0.15) is 30.4 Å². The molecule has 0 saturated heterocycles. The van der Waals surface area contributed by atoms with Gasteiger partial charge in [-0.2, -0.15) is 0 Å². The number of nitrogens with one attached hydrogen (secondary N) is 1. The van der Waals surface area contributed by atoms with Gasteiger partial charge in [-0.3, -0.25) is 4.79 Å². The number of amides is 1. The zero-order valence-electron chi connectivity index (χ0n) is 13.0. The first-order chi connectivity index (χ1) is 11.1. The maximum atomic E-state index is 13.1. The van der Waals surface area contributed by atoms with E-state index in [1.54, 1.807) is 31.5 Å². The van der Waals surface area contributed by atoms with Crippen LogP contribution in [0, 0.1) is 5.82 Å². The van der Waals surface area contributed by atoms with Gasteiger partial charge < -0.3 is 10.1 Å². The van der Waals surface area contributed by atoms with E-state index in [9.17, 15) is 9.18 Å². The van der Waals surface area contributed by atoms with Gasteiger partial charge in [0, 0.05) is 18.8 Å². The van der Waals surface area contributed by atoms with Crippen molar-refractivity contribution >= 4 is 5.91 Å². The molecule has 1 aromatic carbocycles. The summed E-state index contributed by atoms with van der Waals surface area (Å²) in [6, 6.07) is 9.89. The van der Waals surface area contributed by atoms with Gasteiger partial charge in [-0.1, -0.05) is 24.6 Å². The molecule has 2 aromatic rings. The van der Waals surface area contributed by atoms with Crippen molar-refractivity contribution in [2.24, 2.45) is 0 Å². The third-order valence-electron chi connectivity index (χ3n) is 4.50. The summed E-state index contributed by atoms with van der Waals surface area (Å²) >= 11 is 0. The summed E-state index contributed by atoms with van der Waals surface area (Å²) in [6.45, 7) is 0.415. The number of pyridine rings is 1. The third kappa shape index (κ3) is 3.04. The predicted molar refractivity (Wildman–Crippen MR) is 84.6 cm³/mol. The van der Waals surface area contributed by atoms with Crippen molar-refractivity contribution in [2.75, 3.05) is 7.11 Å². The summed E-state index contributed by atoms with van der Waals surface area (Å²) in [4.78, 5) is 16.8. The number of aromatic nitrogens is 1. The first kappa shape index (κ1) is 15.5. The number of hydrogen-bond acceptors (Lipinski definition) is 3. The molecule has 0 atom stereocenters. The maximum Gasteiger partial charge on any atom is 0.230 e. The van der Waals surface area contributed by atoms with Gasteiger partial charge in [0.05, 0.1) is 12.5 Å². The molecule has 0 radical (unpaired) electrons. The van der Waals surface area contributed by atoms with Gasteiger partial charge in [0.1, 0.15) is 5.82 Å². The van der Waals surface area contributed by atoms with Crippen LogP contribution >= 0.6 is 0 Å². The Morgan fingerprint density at radius 2 is 2.00 bits per heavy atom. The summed E-state index contributed by atoms with van der Waals surface area (Å²) in [5, 5.41) is 2.98.